The Balaban J connectivity index is 1.71. The highest BCUT2D eigenvalue weighted by Gasteiger charge is 2.32. The van der Waals surface area contributed by atoms with Gasteiger partial charge in [-0.2, -0.15) is 0 Å². The van der Waals surface area contributed by atoms with Crippen molar-refractivity contribution < 1.29 is 4.42 Å². The summed E-state index contributed by atoms with van der Waals surface area (Å²) < 4.78 is 5.53. The van der Waals surface area contributed by atoms with E-state index in [2.05, 4.69) is 11.0 Å². The number of nitrogens with two attached hydrogens (primary N) is 1. The van der Waals surface area contributed by atoms with Crippen LogP contribution in [-0.4, -0.2) is 11.0 Å². The number of nitrogens with zero attached hydrogens (tertiary/aromatic N) is 2. The van der Waals surface area contributed by atoms with Crippen LogP contribution in [0.15, 0.2) is 28.9 Å². The second-order valence-corrected chi connectivity index (χ2v) is 6.07. The number of aryl methyl sites for hydroxylation is 2. The Hall–Kier alpha value is -1.81. The van der Waals surface area contributed by atoms with Gasteiger partial charge in [-0.15, -0.1) is 0 Å². The summed E-state index contributed by atoms with van der Waals surface area (Å²) >= 11 is 0. The van der Waals surface area contributed by atoms with Gasteiger partial charge in [0.1, 0.15) is 11.6 Å². The van der Waals surface area contributed by atoms with Gasteiger partial charge in [-0.05, 0) is 55.9 Å². The van der Waals surface area contributed by atoms with Crippen molar-refractivity contribution in [3.63, 3.8) is 0 Å². The molecule has 2 N–H and O–H groups in total. The van der Waals surface area contributed by atoms with Crippen molar-refractivity contribution in [2.45, 2.75) is 51.2 Å². The Labute approximate surface area is 125 Å². The van der Waals surface area contributed by atoms with Crippen molar-refractivity contribution in [3.8, 4) is 0 Å². The van der Waals surface area contributed by atoms with Gasteiger partial charge >= 0.3 is 0 Å². The van der Waals surface area contributed by atoms with E-state index in [9.17, 15) is 0 Å². The third kappa shape index (κ3) is 2.44. The molecule has 0 amide bonds. The molecular formula is C17H21N3O. The molecule has 2 aromatic rings. The van der Waals surface area contributed by atoms with Crippen LogP contribution in [0.1, 0.15) is 41.8 Å². The number of furan rings is 1. The lowest BCUT2D eigenvalue weighted by Gasteiger charge is -2.25. The van der Waals surface area contributed by atoms with E-state index in [1.165, 1.54) is 36.1 Å². The molecule has 0 bridgehead atoms. The molecule has 2 heterocycles. The monoisotopic (exact) mass is 283 g/mol. The van der Waals surface area contributed by atoms with Crippen LogP contribution < -0.4 is 10.6 Å². The van der Waals surface area contributed by atoms with E-state index < -0.39 is 0 Å². The molecule has 0 unspecified atom stereocenters. The average molecular weight is 283 g/mol. The second-order valence-electron chi connectivity index (χ2n) is 6.07. The van der Waals surface area contributed by atoms with Crippen molar-refractivity contribution in [2.24, 2.45) is 5.73 Å². The maximum Gasteiger partial charge on any atom is 0.134 e. The van der Waals surface area contributed by atoms with E-state index in [0.717, 1.165) is 31.0 Å². The molecule has 0 spiro atoms. The Morgan fingerprint density at radius 2 is 2.24 bits per heavy atom. The molecule has 4 heteroatoms. The van der Waals surface area contributed by atoms with Gasteiger partial charge in [-0.1, -0.05) is 0 Å². The summed E-state index contributed by atoms with van der Waals surface area (Å²) in [5.74, 6) is 2.07. The highest BCUT2D eigenvalue weighted by atomic mass is 16.3. The minimum atomic E-state index is 0.553. The summed E-state index contributed by atoms with van der Waals surface area (Å²) in [7, 11) is 0. The zero-order valence-electron chi connectivity index (χ0n) is 12.2. The lowest BCUT2D eigenvalue weighted by Crippen LogP contribution is -2.28. The van der Waals surface area contributed by atoms with Gasteiger partial charge < -0.3 is 15.1 Å². The van der Waals surface area contributed by atoms with Crippen LogP contribution in [0.3, 0.4) is 0 Å². The molecule has 2 aliphatic rings. The number of pyridine rings is 1. The minimum Gasteiger partial charge on any atom is -0.467 e. The summed E-state index contributed by atoms with van der Waals surface area (Å²) in [6.45, 7) is 1.34. The highest BCUT2D eigenvalue weighted by Crippen LogP contribution is 2.36. The molecule has 0 aromatic carbocycles. The fourth-order valence-corrected chi connectivity index (χ4v) is 3.24. The number of hydrogen-bond acceptors (Lipinski definition) is 4. The quantitative estimate of drug-likeness (QED) is 0.916. The van der Waals surface area contributed by atoms with Gasteiger partial charge in [0, 0.05) is 23.8 Å². The van der Waals surface area contributed by atoms with Crippen LogP contribution in [-0.2, 0) is 25.9 Å². The topological polar surface area (TPSA) is 55.3 Å². The number of rotatable bonds is 5. The third-order valence-corrected chi connectivity index (χ3v) is 4.49. The van der Waals surface area contributed by atoms with Gasteiger partial charge in [0.2, 0.25) is 0 Å². The molecule has 4 rings (SSSR count). The highest BCUT2D eigenvalue weighted by molar-refractivity contribution is 5.52. The van der Waals surface area contributed by atoms with E-state index in [1.807, 2.05) is 12.1 Å². The van der Waals surface area contributed by atoms with Gasteiger partial charge in [0.05, 0.1) is 12.8 Å². The van der Waals surface area contributed by atoms with Crippen LogP contribution in [0.5, 0.6) is 0 Å². The van der Waals surface area contributed by atoms with Crippen LogP contribution in [0.25, 0.3) is 0 Å². The van der Waals surface area contributed by atoms with Crippen molar-refractivity contribution in [3.05, 3.63) is 47.0 Å². The van der Waals surface area contributed by atoms with Crippen LogP contribution in [0, 0.1) is 0 Å². The largest absolute Gasteiger partial charge is 0.467 e. The molecule has 0 atom stereocenters. The molecule has 1 saturated carbocycles. The van der Waals surface area contributed by atoms with Crippen LogP contribution in [0.4, 0.5) is 5.82 Å². The van der Waals surface area contributed by atoms with Crippen molar-refractivity contribution in [1.82, 2.24) is 4.98 Å². The second kappa shape index (κ2) is 5.19. The maximum absolute atomic E-state index is 5.99. The third-order valence-electron chi connectivity index (χ3n) is 4.49. The average Bonchev–Trinajstić information content (AvgIpc) is 3.02. The summed E-state index contributed by atoms with van der Waals surface area (Å²) in [6, 6.07) is 6.85. The van der Waals surface area contributed by atoms with E-state index in [1.54, 1.807) is 6.26 Å². The molecule has 2 aromatic heterocycles. The molecular weight excluding hydrogens is 262 g/mol. The Morgan fingerprint density at radius 1 is 1.33 bits per heavy atom. The molecule has 110 valence electrons. The van der Waals surface area contributed by atoms with E-state index in [4.69, 9.17) is 15.1 Å². The fraction of sp³-hybridized carbons (Fsp3) is 0.471. The van der Waals surface area contributed by atoms with E-state index >= 15 is 0 Å². The first-order valence-electron chi connectivity index (χ1n) is 7.86. The van der Waals surface area contributed by atoms with Crippen molar-refractivity contribution >= 4 is 5.82 Å². The summed E-state index contributed by atoms with van der Waals surface area (Å²) in [6.07, 6.45) is 7.69. The zero-order chi connectivity index (χ0) is 14.2. The number of aromatic nitrogens is 1. The first-order valence-corrected chi connectivity index (χ1v) is 7.86. The molecule has 4 nitrogen and oxygen atoms in total. The van der Waals surface area contributed by atoms with Gasteiger partial charge in [-0.25, -0.2) is 4.98 Å². The van der Waals surface area contributed by atoms with Crippen molar-refractivity contribution in [2.75, 3.05) is 4.90 Å². The predicted molar refractivity (Wildman–Crippen MR) is 82.1 cm³/mol. The zero-order valence-corrected chi connectivity index (χ0v) is 12.2. The Kier molecular flexibility index (Phi) is 3.19. The Bertz CT molecular complexity index is 632. The number of anilines is 1. The Morgan fingerprint density at radius 3 is 2.95 bits per heavy atom. The van der Waals surface area contributed by atoms with Crippen molar-refractivity contribution in [1.29, 1.82) is 0 Å². The van der Waals surface area contributed by atoms with Gasteiger partial charge in [-0.3, -0.25) is 0 Å². The van der Waals surface area contributed by atoms with Gasteiger partial charge in [0.25, 0.3) is 0 Å². The van der Waals surface area contributed by atoms with Crippen LogP contribution >= 0.6 is 0 Å². The molecule has 1 fully saturated rings. The molecule has 0 radical (unpaired) electrons. The molecule has 0 saturated heterocycles. The number of fused-ring (bicyclic) bond motifs is 1. The normalized spacial score (nSPS) is 17.0. The first kappa shape index (κ1) is 12.9. The molecule has 2 aliphatic carbocycles. The standard InChI is InChI=1S/C17H21N3O/c18-10-13-9-12-3-1-5-16(12)19-17(13)20(14-6-7-14)11-15-4-2-8-21-15/h2,4,8-9,14H,1,3,5-7,10-11,18H2. The predicted octanol–water partition coefficient (Wildman–Crippen LogP) is 2.79. The summed E-state index contributed by atoms with van der Waals surface area (Å²) in [4.78, 5) is 7.36. The van der Waals surface area contributed by atoms with Gasteiger partial charge in [0.15, 0.2) is 0 Å². The minimum absolute atomic E-state index is 0.553. The number of hydrogen-bond donors (Lipinski definition) is 1. The lowest BCUT2D eigenvalue weighted by atomic mass is 10.1. The maximum atomic E-state index is 5.99. The molecule has 0 aliphatic heterocycles. The van der Waals surface area contributed by atoms with Crippen LogP contribution in [0.2, 0.25) is 0 Å². The smallest absolute Gasteiger partial charge is 0.134 e. The lowest BCUT2D eigenvalue weighted by molar-refractivity contribution is 0.499. The summed E-state index contributed by atoms with van der Waals surface area (Å²) in [5.41, 5.74) is 9.83. The fourth-order valence-electron chi connectivity index (χ4n) is 3.24. The van der Waals surface area contributed by atoms with E-state index in [0.29, 0.717) is 12.6 Å². The van der Waals surface area contributed by atoms with E-state index in [-0.39, 0.29) is 0 Å². The SMILES string of the molecule is NCc1cc2c(nc1N(Cc1ccco1)C1CC1)CCC2. The summed E-state index contributed by atoms with van der Waals surface area (Å²) in [5, 5.41) is 0. The first-order chi connectivity index (χ1) is 10.3. The molecule has 21 heavy (non-hydrogen) atoms.